The molecule has 0 aromatic heterocycles. The second-order valence-electron chi connectivity index (χ2n) is 5.94. The van der Waals surface area contributed by atoms with Crippen molar-refractivity contribution in [3.05, 3.63) is 33.4 Å². The Hall–Kier alpha value is -2.77. The van der Waals surface area contributed by atoms with Crippen LogP contribution in [0.2, 0.25) is 0 Å². The fraction of sp³-hybridized carbons (Fsp3) is 0.438. The lowest BCUT2D eigenvalue weighted by Gasteiger charge is -2.21. The third kappa shape index (κ3) is 2.64. The maximum Gasteiger partial charge on any atom is 0.309 e. The van der Waals surface area contributed by atoms with Crippen molar-refractivity contribution >= 4 is 29.0 Å². The van der Waals surface area contributed by atoms with Crippen molar-refractivity contribution in [3.8, 4) is 0 Å². The summed E-state index contributed by atoms with van der Waals surface area (Å²) in [6.07, 6.45) is 1.10. The van der Waals surface area contributed by atoms with Crippen LogP contribution in [0.25, 0.3) is 0 Å². The van der Waals surface area contributed by atoms with Crippen LogP contribution in [0.1, 0.15) is 30.4 Å². The molecule has 0 saturated carbocycles. The van der Waals surface area contributed by atoms with E-state index in [-0.39, 0.29) is 42.3 Å². The van der Waals surface area contributed by atoms with Crippen LogP contribution < -0.4 is 4.90 Å². The number of benzene rings is 1. The Morgan fingerprint density at radius 3 is 2.79 bits per heavy atom. The van der Waals surface area contributed by atoms with Gasteiger partial charge in [0.1, 0.15) is 5.69 Å². The summed E-state index contributed by atoms with van der Waals surface area (Å²) in [6.45, 7) is 0. The maximum absolute atomic E-state index is 12.4. The van der Waals surface area contributed by atoms with Crippen LogP contribution >= 0.6 is 0 Å². The van der Waals surface area contributed by atoms with Crippen molar-refractivity contribution in [3.63, 3.8) is 0 Å². The minimum absolute atomic E-state index is 0.0825. The zero-order valence-electron chi connectivity index (χ0n) is 13.1. The molecule has 0 spiro atoms. The molecule has 8 heteroatoms. The van der Waals surface area contributed by atoms with Crippen LogP contribution in [0.4, 0.5) is 11.4 Å². The van der Waals surface area contributed by atoms with Gasteiger partial charge in [-0.2, -0.15) is 0 Å². The van der Waals surface area contributed by atoms with Crippen LogP contribution in [0.15, 0.2) is 12.1 Å². The molecule has 1 fully saturated rings. The van der Waals surface area contributed by atoms with Crippen LogP contribution in [0.5, 0.6) is 0 Å². The Balaban J connectivity index is 2.11. The van der Waals surface area contributed by atoms with E-state index in [0.717, 1.165) is 0 Å². The molecular weight excluding hydrogens is 316 g/mol. The van der Waals surface area contributed by atoms with Crippen molar-refractivity contribution in [2.24, 2.45) is 0 Å². The number of nitrogens with zero attached hydrogens (tertiary/aromatic N) is 2. The number of esters is 1. The van der Waals surface area contributed by atoms with Gasteiger partial charge in [0.25, 0.3) is 5.69 Å². The van der Waals surface area contributed by atoms with Gasteiger partial charge in [0.05, 0.1) is 24.5 Å². The number of Topliss-reactive ketones (excluding diaryl/α,β-unsaturated/α-hetero) is 1. The molecule has 1 amide bonds. The van der Waals surface area contributed by atoms with Crippen molar-refractivity contribution in [1.82, 2.24) is 0 Å². The van der Waals surface area contributed by atoms with Crippen LogP contribution in [0, 0.1) is 10.1 Å². The maximum atomic E-state index is 12.4. The predicted octanol–water partition coefficient (Wildman–Crippen LogP) is 1.32. The molecule has 1 aromatic carbocycles. The number of anilines is 1. The lowest BCUT2D eigenvalue weighted by Crippen LogP contribution is -2.40. The van der Waals surface area contributed by atoms with Crippen molar-refractivity contribution in [2.75, 3.05) is 12.0 Å². The van der Waals surface area contributed by atoms with Gasteiger partial charge in [-0.3, -0.25) is 29.4 Å². The molecule has 1 aromatic rings. The third-order valence-electron chi connectivity index (χ3n) is 4.42. The predicted molar refractivity (Wildman–Crippen MR) is 82.7 cm³/mol. The Morgan fingerprint density at radius 1 is 1.38 bits per heavy atom. The first-order valence-corrected chi connectivity index (χ1v) is 7.64. The summed E-state index contributed by atoms with van der Waals surface area (Å²) >= 11 is 0. The summed E-state index contributed by atoms with van der Waals surface area (Å²) < 4.78 is 4.59. The highest BCUT2D eigenvalue weighted by Gasteiger charge is 2.43. The van der Waals surface area contributed by atoms with E-state index in [2.05, 4.69) is 4.74 Å². The number of hydrogen-bond donors (Lipinski definition) is 0. The molecule has 0 bridgehead atoms. The smallest absolute Gasteiger partial charge is 0.309 e. The molecule has 0 N–H and O–H groups in total. The second kappa shape index (κ2) is 6.03. The number of methoxy groups -OCH3 is 1. The molecule has 2 aliphatic heterocycles. The lowest BCUT2D eigenvalue weighted by atomic mass is 10.0. The number of amides is 1. The number of ether oxygens (including phenoxy) is 1. The normalized spacial score (nSPS) is 19.5. The quantitative estimate of drug-likeness (QED) is 0.469. The summed E-state index contributed by atoms with van der Waals surface area (Å²) in [5.74, 6) is -0.863. The van der Waals surface area contributed by atoms with Gasteiger partial charge in [0.15, 0.2) is 5.78 Å². The van der Waals surface area contributed by atoms with Crippen molar-refractivity contribution < 1.29 is 24.0 Å². The van der Waals surface area contributed by atoms with Gasteiger partial charge in [-0.25, -0.2) is 0 Å². The average molecular weight is 332 g/mol. The summed E-state index contributed by atoms with van der Waals surface area (Å²) in [6, 6.07) is 2.25. The van der Waals surface area contributed by atoms with E-state index in [1.54, 1.807) is 6.07 Å². The van der Waals surface area contributed by atoms with Crippen LogP contribution in [0.3, 0.4) is 0 Å². The standard InChI is InChI=1S/C16H16N2O6/c1-24-15(21)7-9-5-10-8-11-13(19)3-2-4-14(20)17(11)16(10)12(6-9)18(22)23/h5-6,11H,2-4,7-8H2,1H3. The van der Waals surface area contributed by atoms with E-state index in [1.807, 2.05) is 0 Å². The molecule has 3 rings (SSSR count). The Morgan fingerprint density at radius 2 is 2.12 bits per heavy atom. The monoisotopic (exact) mass is 332 g/mol. The van der Waals surface area contributed by atoms with Gasteiger partial charge >= 0.3 is 5.97 Å². The van der Waals surface area contributed by atoms with Crippen LogP contribution in [-0.2, 0) is 32.0 Å². The first-order chi connectivity index (χ1) is 11.4. The molecule has 1 unspecified atom stereocenters. The third-order valence-corrected chi connectivity index (χ3v) is 4.42. The van der Waals surface area contributed by atoms with E-state index in [4.69, 9.17) is 0 Å². The second-order valence-corrected chi connectivity index (χ2v) is 5.94. The van der Waals surface area contributed by atoms with E-state index in [9.17, 15) is 24.5 Å². The van der Waals surface area contributed by atoms with Gasteiger partial charge in [0, 0.05) is 25.3 Å². The molecule has 2 heterocycles. The Kier molecular flexibility index (Phi) is 4.04. The van der Waals surface area contributed by atoms with E-state index in [1.165, 1.54) is 18.1 Å². The number of carbonyl (C=O) groups is 3. The highest BCUT2D eigenvalue weighted by atomic mass is 16.6. The molecule has 24 heavy (non-hydrogen) atoms. The molecule has 0 aliphatic carbocycles. The number of fused-ring (bicyclic) bond motifs is 3. The Bertz CT molecular complexity index is 757. The minimum atomic E-state index is -0.679. The molecule has 8 nitrogen and oxygen atoms in total. The number of hydrogen-bond acceptors (Lipinski definition) is 6. The molecular formula is C16H16N2O6. The number of rotatable bonds is 3. The average Bonchev–Trinajstić information content (AvgIpc) is 2.86. The summed E-state index contributed by atoms with van der Waals surface area (Å²) in [4.78, 5) is 48.3. The Labute approximate surface area is 137 Å². The minimum Gasteiger partial charge on any atom is -0.469 e. The summed E-state index contributed by atoms with van der Waals surface area (Å²) in [5, 5.41) is 11.5. The number of nitro benzene ring substituents is 1. The van der Waals surface area contributed by atoms with Crippen molar-refractivity contribution in [2.45, 2.75) is 38.1 Å². The zero-order chi connectivity index (χ0) is 17.4. The topological polar surface area (TPSA) is 107 Å². The van der Waals surface area contributed by atoms with Gasteiger partial charge in [-0.1, -0.05) is 6.07 Å². The van der Waals surface area contributed by atoms with Crippen LogP contribution in [-0.4, -0.2) is 35.7 Å². The van der Waals surface area contributed by atoms with Gasteiger partial charge in [-0.05, 0) is 17.5 Å². The largest absolute Gasteiger partial charge is 0.469 e. The van der Waals surface area contributed by atoms with Gasteiger partial charge in [0.2, 0.25) is 5.91 Å². The highest BCUT2D eigenvalue weighted by Crippen LogP contribution is 2.43. The summed E-state index contributed by atoms with van der Waals surface area (Å²) in [7, 11) is 1.24. The molecule has 126 valence electrons. The first kappa shape index (κ1) is 16.1. The fourth-order valence-corrected chi connectivity index (χ4v) is 3.37. The molecule has 1 atom stereocenters. The fourth-order valence-electron chi connectivity index (χ4n) is 3.37. The van der Waals surface area contributed by atoms with Gasteiger partial charge < -0.3 is 4.74 Å². The highest BCUT2D eigenvalue weighted by molar-refractivity contribution is 6.07. The van der Waals surface area contributed by atoms with E-state index < -0.39 is 16.9 Å². The lowest BCUT2D eigenvalue weighted by molar-refractivity contribution is -0.384. The number of nitro groups is 1. The van der Waals surface area contributed by atoms with Gasteiger partial charge in [-0.15, -0.1) is 0 Å². The van der Waals surface area contributed by atoms with Crippen molar-refractivity contribution in [1.29, 1.82) is 0 Å². The molecule has 1 saturated heterocycles. The number of carbonyl (C=O) groups excluding carboxylic acids is 3. The molecule has 2 aliphatic rings. The van der Waals surface area contributed by atoms with E-state index in [0.29, 0.717) is 24.0 Å². The SMILES string of the molecule is COC(=O)Cc1cc2c(c([N+](=O)[O-])c1)N1C(=O)CCCC(=O)C1C2. The number of ketones is 1. The molecule has 0 radical (unpaired) electrons. The first-order valence-electron chi connectivity index (χ1n) is 7.64. The summed E-state index contributed by atoms with van der Waals surface area (Å²) in [5.41, 5.74) is 0.928. The zero-order valence-corrected chi connectivity index (χ0v) is 13.1. The van der Waals surface area contributed by atoms with E-state index >= 15 is 0 Å².